The number of rotatable bonds is 21. The Bertz CT molecular complexity index is 3810. The van der Waals surface area contributed by atoms with Gasteiger partial charge in [0.2, 0.25) is 0 Å². The number of H-pyrrole nitrogens is 1. The molecule has 19 heteroatoms. The summed E-state index contributed by atoms with van der Waals surface area (Å²) in [7, 11) is 0. The van der Waals surface area contributed by atoms with Crippen molar-refractivity contribution in [2.24, 2.45) is 5.73 Å². The summed E-state index contributed by atoms with van der Waals surface area (Å²) >= 11 is 9.53. The van der Waals surface area contributed by atoms with E-state index in [1.807, 2.05) is 150 Å². The Hall–Kier alpha value is -9.26. The smallest absolute Gasteiger partial charge is 0.435 e. The zero-order valence-electron chi connectivity index (χ0n) is 53.1. The lowest BCUT2D eigenvalue weighted by Gasteiger charge is -2.18. The molecule has 3 unspecified atom stereocenters. The number of ether oxygens (including phenoxy) is 2. The average molecular weight is 1290 g/mol. The fourth-order valence-corrected chi connectivity index (χ4v) is 9.81. The van der Waals surface area contributed by atoms with E-state index in [2.05, 4.69) is 20.4 Å². The molecule has 4 N–H and O–H groups in total. The van der Waals surface area contributed by atoms with E-state index in [1.165, 1.54) is 9.36 Å². The van der Waals surface area contributed by atoms with Crippen molar-refractivity contribution in [3.8, 4) is 33.4 Å². The molecule has 92 heavy (non-hydrogen) atoms. The quantitative estimate of drug-likeness (QED) is 0.0447. The van der Waals surface area contributed by atoms with E-state index in [4.69, 9.17) is 38.4 Å². The van der Waals surface area contributed by atoms with Crippen LogP contribution >= 0.6 is 23.2 Å². The van der Waals surface area contributed by atoms with Crippen LogP contribution in [0.5, 0.6) is 0 Å². The Kier molecular flexibility index (Phi) is 27.2. The van der Waals surface area contributed by atoms with Crippen LogP contribution in [0, 0.1) is 0 Å². The number of aromatic nitrogens is 6. The Morgan fingerprint density at radius 1 is 0.500 bits per heavy atom. The molecule has 0 aliphatic carbocycles. The van der Waals surface area contributed by atoms with Crippen LogP contribution in [0.3, 0.4) is 0 Å². The summed E-state index contributed by atoms with van der Waals surface area (Å²) in [6.07, 6.45) is 13.0. The molecule has 0 radical (unpaired) electrons. The first kappa shape index (κ1) is 71.8. The highest BCUT2D eigenvalue weighted by molar-refractivity contribution is 6.40. The van der Waals surface area contributed by atoms with Gasteiger partial charge in [-0.05, 0) is 110 Å². The number of carbonyl (C=O) groups is 7. The van der Waals surface area contributed by atoms with Gasteiger partial charge in [0.15, 0.2) is 0 Å². The minimum Gasteiger partial charge on any atom is -0.442 e. The summed E-state index contributed by atoms with van der Waals surface area (Å²) in [4.78, 5) is 84.4. The van der Waals surface area contributed by atoms with E-state index in [1.54, 1.807) is 88.2 Å². The van der Waals surface area contributed by atoms with Crippen LogP contribution in [0.25, 0.3) is 33.4 Å². The molecule has 0 fully saturated rings. The molecule has 0 aliphatic rings. The van der Waals surface area contributed by atoms with Gasteiger partial charge >= 0.3 is 12.2 Å². The normalized spacial score (nSPS) is 12.0. The van der Waals surface area contributed by atoms with E-state index in [0.717, 1.165) is 91.3 Å². The number of hydrogen-bond donors (Lipinski definition) is 3. The maximum absolute atomic E-state index is 12.9. The van der Waals surface area contributed by atoms with Gasteiger partial charge in [0.25, 0.3) is 0 Å². The number of aliphatic hydroxyl groups is 1. The van der Waals surface area contributed by atoms with Crippen molar-refractivity contribution in [2.45, 2.75) is 123 Å². The molecule has 3 atom stereocenters. The van der Waals surface area contributed by atoms with Crippen LogP contribution in [0.1, 0.15) is 146 Å². The zero-order chi connectivity index (χ0) is 67.0. The van der Waals surface area contributed by atoms with Crippen molar-refractivity contribution in [3.05, 3.63) is 233 Å². The number of nitrogens with two attached hydrogens (primary N) is 1. The largest absolute Gasteiger partial charge is 0.442 e. The minimum absolute atomic E-state index is 0.00591. The van der Waals surface area contributed by atoms with Crippen LogP contribution in [0.15, 0.2) is 183 Å². The van der Waals surface area contributed by atoms with Crippen molar-refractivity contribution in [2.75, 3.05) is 11.9 Å². The fourth-order valence-electron chi connectivity index (χ4n) is 9.81. The number of alkyl halides is 2. The lowest BCUT2D eigenvalue weighted by Crippen LogP contribution is -2.27. The van der Waals surface area contributed by atoms with Gasteiger partial charge in [-0.1, -0.05) is 159 Å². The van der Waals surface area contributed by atoms with Gasteiger partial charge in [-0.15, -0.1) is 23.2 Å². The lowest BCUT2D eigenvalue weighted by molar-refractivity contribution is -0.120. The van der Waals surface area contributed by atoms with Crippen molar-refractivity contribution < 1.29 is 48.1 Å². The highest BCUT2D eigenvalue weighted by Gasteiger charge is 2.24. The predicted molar refractivity (Wildman–Crippen MR) is 359 cm³/mol. The summed E-state index contributed by atoms with van der Waals surface area (Å²) in [5.41, 5.74) is 17.6. The molecule has 0 amide bonds. The summed E-state index contributed by atoms with van der Waals surface area (Å²) in [5.74, 6) is -0.379. The molecule has 0 aliphatic heterocycles. The molecule has 0 bridgehead atoms. The second-order valence-corrected chi connectivity index (χ2v) is 24.4. The molecule has 0 saturated heterocycles. The topological polar surface area (TPSA) is 249 Å². The SMILES string of the molecule is CCC(C(=O)Cc1ccc(-c2cnn(C(=O)OC(C)(C)C)c2)cc1)c1ccc(C=O)cc1.CCC(C(=O)Cc1ccc(-c2cnn(C(=O)OC(C)(C)C)c2)cc1)c1ccc(CO)cc1.ClCCl.NCC(C(=O)Cc1ccc(-c2cn[nH]c2)cc1)c1ccc(C=O)cc1. The number of aromatic amines is 1. The second-order valence-electron chi connectivity index (χ2n) is 23.6. The number of halogens is 2. The number of nitrogens with one attached hydrogen (secondary N) is 1. The highest BCUT2D eigenvalue weighted by Crippen LogP contribution is 2.28. The van der Waals surface area contributed by atoms with Crippen molar-refractivity contribution in [1.29, 1.82) is 0 Å². The van der Waals surface area contributed by atoms with Gasteiger partial charge < -0.3 is 20.3 Å². The molecular weight excluding hydrogens is 1210 g/mol. The molecule has 9 aromatic rings. The van der Waals surface area contributed by atoms with E-state index >= 15 is 0 Å². The standard InChI is InChI=1S/C26H30N2O4.C26H28N2O4.C20H19N3O2.CH2Cl2/c2*1-5-23(21-12-8-19(17-29)9-13-21)24(30)14-18-6-10-20(11-7-18)22-15-27-28(16-22)25(31)32-26(2,3)4;21-10-19(17-7-3-15(13-24)4-8-17)20(25)9-14-1-5-16(6-2-14)18-11-22-23-12-18;2-1-3/h6-13,15-16,23,29H,5,14,17H2,1-4H3;6-13,15-17,23H,5,14H2,1-4H3;1-8,11-13,19H,9-10,21H2,(H,22,23);1H2. The van der Waals surface area contributed by atoms with Crippen molar-refractivity contribution in [3.63, 3.8) is 0 Å². The summed E-state index contributed by atoms with van der Waals surface area (Å²) < 4.78 is 13.0. The van der Waals surface area contributed by atoms with Crippen LogP contribution in [-0.2, 0) is 49.7 Å². The Morgan fingerprint density at radius 3 is 1.13 bits per heavy atom. The van der Waals surface area contributed by atoms with Gasteiger partial charge in [-0.25, -0.2) is 9.59 Å². The number of hydrogen-bond acceptors (Lipinski definition) is 14. The number of aliphatic hydroxyl groups excluding tert-OH is 1. The number of nitrogens with zero attached hydrogens (tertiary/aromatic N) is 5. The number of carbonyl (C=O) groups excluding carboxylic acids is 7. The summed E-state index contributed by atoms with van der Waals surface area (Å²) in [5, 5.41) is 24.3. The molecule has 3 aromatic heterocycles. The Balaban J connectivity index is 0.000000216. The molecular formula is C73H79Cl2N7O10. The number of Topliss-reactive ketones (excluding diaryl/α,β-unsaturated/α-hetero) is 3. The van der Waals surface area contributed by atoms with Gasteiger partial charge in [-0.2, -0.15) is 24.7 Å². The minimum atomic E-state index is -0.593. The molecule has 6 aromatic carbocycles. The van der Waals surface area contributed by atoms with Crippen LogP contribution in [-0.4, -0.2) is 100 Å². The highest BCUT2D eigenvalue weighted by atomic mass is 35.5. The molecule has 0 spiro atoms. The van der Waals surface area contributed by atoms with Crippen LogP contribution < -0.4 is 5.73 Å². The number of aldehydes is 2. The third-order valence-electron chi connectivity index (χ3n) is 14.6. The van der Waals surface area contributed by atoms with Gasteiger partial charge in [0.05, 0.1) is 36.5 Å². The second kappa shape index (κ2) is 34.8. The zero-order valence-corrected chi connectivity index (χ0v) is 54.6. The van der Waals surface area contributed by atoms with Crippen LogP contribution in [0.2, 0.25) is 0 Å². The first-order valence-electron chi connectivity index (χ1n) is 30.1. The first-order valence-corrected chi connectivity index (χ1v) is 31.1. The third-order valence-corrected chi connectivity index (χ3v) is 14.6. The number of benzene rings is 6. The number of ketones is 3. The predicted octanol–water partition coefficient (Wildman–Crippen LogP) is 14.7. The van der Waals surface area contributed by atoms with Crippen molar-refractivity contribution >= 4 is 65.3 Å². The third kappa shape index (κ3) is 21.7. The van der Waals surface area contributed by atoms with Gasteiger partial charge in [0, 0.05) is 84.1 Å². The van der Waals surface area contributed by atoms with E-state index in [0.29, 0.717) is 36.8 Å². The van der Waals surface area contributed by atoms with E-state index in [-0.39, 0.29) is 53.6 Å². The van der Waals surface area contributed by atoms with Gasteiger partial charge in [0.1, 0.15) is 41.1 Å². The molecule has 0 saturated carbocycles. The summed E-state index contributed by atoms with van der Waals surface area (Å²) in [6, 6.07) is 45.0. The summed E-state index contributed by atoms with van der Waals surface area (Å²) in [6.45, 7) is 15.1. The lowest BCUT2D eigenvalue weighted by atomic mass is 9.88. The molecule has 3 heterocycles. The Morgan fingerprint density at radius 2 is 0.826 bits per heavy atom. The van der Waals surface area contributed by atoms with E-state index in [9.17, 15) is 38.7 Å². The maximum atomic E-state index is 12.9. The van der Waals surface area contributed by atoms with Crippen molar-refractivity contribution in [1.82, 2.24) is 29.8 Å². The molecule has 480 valence electrons. The van der Waals surface area contributed by atoms with Crippen LogP contribution in [0.4, 0.5) is 9.59 Å². The molecule has 9 rings (SSSR count). The monoisotopic (exact) mass is 1280 g/mol. The first-order chi connectivity index (χ1) is 44.0. The molecule has 17 nitrogen and oxygen atoms in total. The fraction of sp³-hybridized carbons (Fsp3) is 0.288. The maximum Gasteiger partial charge on any atom is 0.435 e. The Labute approximate surface area is 547 Å². The van der Waals surface area contributed by atoms with E-state index < -0.39 is 23.4 Å². The average Bonchev–Trinajstić information content (AvgIpc) is 1.63. The van der Waals surface area contributed by atoms with Gasteiger partial charge in [-0.3, -0.25) is 29.1 Å².